The average molecular weight is 320 g/mol. The van der Waals surface area contributed by atoms with E-state index in [4.69, 9.17) is 10.3 Å². The van der Waals surface area contributed by atoms with Crippen LogP contribution in [0.15, 0.2) is 16.0 Å². The van der Waals surface area contributed by atoms with E-state index in [1.54, 1.807) is 11.3 Å². The first-order valence-electron chi connectivity index (χ1n) is 4.21. The molecule has 0 bridgehead atoms. The van der Waals surface area contributed by atoms with Gasteiger partial charge in [0.1, 0.15) is 0 Å². The Bertz CT molecular complexity index is 449. The number of nitrogen functional groups attached to an aromatic ring is 1. The largest absolute Gasteiger partial charge is 0.381 e. The van der Waals surface area contributed by atoms with Crippen LogP contribution in [-0.2, 0) is 6.42 Å². The van der Waals surface area contributed by atoms with Crippen LogP contribution in [0, 0.1) is 3.57 Å². The molecule has 74 valence electrons. The third-order valence-electron chi connectivity index (χ3n) is 2.00. The Morgan fingerprint density at radius 3 is 3.00 bits per heavy atom. The smallest absolute Gasteiger partial charge is 0.183 e. The minimum atomic E-state index is 0.506. The van der Waals surface area contributed by atoms with E-state index in [1.165, 1.54) is 3.57 Å². The minimum absolute atomic E-state index is 0.506. The molecule has 0 saturated carbocycles. The van der Waals surface area contributed by atoms with Crippen molar-refractivity contribution >= 4 is 39.7 Å². The second-order valence-electron chi connectivity index (χ2n) is 2.83. The Labute approximate surface area is 99.4 Å². The number of hydrogen-bond donors (Lipinski definition) is 1. The first-order chi connectivity index (χ1) is 6.74. The molecule has 2 aromatic heterocycles. The summed E-state index contributed by atoms with van der Waals surface area (Å²) in [4.78, 5) is 1.12. The highest BCUT2D eigenvalue weighted by Gasteiger charge is 2.17. The predicted octanol–water partition coefficient (Wildman–Crippen LogP) is 3.15. The van der Waals surface area contributed by atoms with E-state index in [0.717, 1.165) is 22.6 Å². The number of halogens is 1. The van der Waals surface area contributed by atoms with Crippen molar-refractivity contribution < 1.29 is 4.52 Å². The fourth-order valence-electron chi connectivity index (χ4n) is 1.30. The molecule has 0 saturated heterocycles. The Morgan fingerprint density at radius 2 is 2.43 bits per heavy atom. The van der Waals surface area contributed by atoms with Crippen molar-refractivity contribution in [2.75, 3.05) is 5.73 Å². The van der Waals surface area contributed by atoms with E-state index in [2.05, 4.69) is 33.8 Å². The zero-order valence-corrected chi connectivity index (χ0v) is 10.6. The topological polar surface area (TPSA) is 52.0 Å². The monoisotopic (exact) mass is 320 g/mol. The quantitative estimate of drug-likeness (QED) is 0.865. The van der Waals surface area contributed by atoms with Crippen LogP contribution in [0.25, 0.3) is 10.6 Å². The van der Waals surface area contributed by atoms with Crippen LogP contribution in [0.3, 0.4) is 0 Å². The first kappa shape index (κ1) is 9.97. The summed E-state index contributed by atoms with van der Waals surface area (Å²) in [5.74, 6) is 1.33. The molecule has 0 radical (unpaired) electrons. The Kier molecular flexibility index (Phi) is 2.78. The highest BCUT2D eigenvalue weighted by atomic mass is 127. The van der Waals surface area contributed by atoms with Gasteiger partial charge in [0.25, 0.3) is 0 Å². The molecule has 0 aliphatic heterocycles. The van der Waals surface area contributed by atoms with Crippen LogP contribution in [-0.4, -0.2) is 5.16 Å². The molecule has 0 unspecified atom stereocenters. The molecule has 5 heteroatoms. The van der Waals surface area contributed by atoms with Gasteiger partial charge in [0.15, 0.2) is 11.6 Å². The molecular weight excluding hydrogens is 311 g/mol. The molecule has 3 nitrogen and oxygen atoms in total. The van der Waals surface area contributed by atoms with E-state index < -0.39 is 0 Å². The number of anilines is 1. The Morgan fingerprint density at radius 1 is 1.64 bits per heavy atom. The van der Waals surface area contributed by atoms with Crippen LogP contribution in [0.2, 0.25) is 0 Å². The molecule has 14 heavy (non-hydrogen) atoms. The van der Waals surface area contributed by atoms with Crippen molar-refractivity contribution in [3.63, 3.8) is 0 Å². The van der Waals surface area contributed by atoms with Gasteiger partial charge in [0.2, 0.25) is 0 Å². The van der Waals surface area contributed by atoms with Crippen molar-refractivity contribution in [1.29, 1.82) is 0 Å². The number of hydrogen-bond acceptors (Lipinski definition) is 4. The van der Waals surface area contributed by atoms with Crippen molar-refractivity contribution in [2.45, 2.75) is 13.3 Å². The van der Waals surface area contributed by atoms with Crippen LogP contribution >= 0.6 is 33.9 Å². The van der Waals surface area contributed by atoms with E-state index in [1.807, 2.05) is 12.3 Å². The van der Waals surface area contributed by atoms with Crippen molar-refractivity contribution in [3.05, 3.63) is 20.6 Å². The maximum Gasteiger partial charge on any atom is 0.183 e. The standard InChI is InChI=1S/C9H9IN2OS/c1-2-5-7(13-12-9(5)11)8-6(10)3-4-14-8/h3-4H,2H2,1H3,(H2,11,12). The molecule has 2 rings (SSSR count). The van der Waals surface area contributed by atoms with E-state index >= 15 is 0 Å². The number of rotatable bonds is 2. The summed E-state index contributed by atoms with van der Waals surface area (Å²) >= 11 is 3.93. The van der Waals surface area contributed by atoms with Gasteiger partial charge in [0.05, 0.1) is 4.88 Å². The van der Waals surface area contributed by atoms with Gasteiger partial charge in [-0.05, 0) is 40.5 Å². The molecule has 0 atom stereocenters. The highest BCUT2D eigenvalue weighted by molar-refractivity contribution is 14.1. The molecule has 0 fully saturated rings. The summed E-state index contributed by atoms with van der Waals surface area (Å²) in [5.41, 5.74) is 6.71. The van der Waals surface area contributed by atoms with Crippen molar-refractivity contribution in [3.8, 4) is 10.6 Å². The van der Waals surface area contributed by atoms with Gasteiger partial charge < -0.3 is 10.3 Å². The number of aromatic nitrogens is 1. The Balaban J connectivity index is 2.57. The lowest BCUT2D eigenvalue weighted by Crippen LogP contribution is -1.90. The number of nitrogens with two attached hydrogens (primary N) is 1. The van der Waals surface area contributed by atoms with Crippen LogP contribution in [0.5, 0.6) is 0 Å². The van der Waals surface area contributed by atoms with E-state index in [9.17, 15) is 0 Å². The summed E-state index contributed by atoms with van der Waals surface area (Å²) in [7, 11) is 0. The van der Waals surface area contributed by atoms with Crippen LogP contribution in [0.1, 0.15) is 12.5 Å². The maximum atomic E-state index is 5.71. The Hall–Kier alpha value is -0.560. The van der Waals surface area contributed by atoms with Crippen LogP contribution in [0.4, 0.5) is 5.82 Å². The maximum absolute atomic E-state index is 5.71. The predicted molar refractivity (Wildman–Crippen MR) is 66.3 cm³/mol. The average Bonchev–Trinajstić information content (AvgIpc) is 2.71. The van der Waals surface area contributed by atoms with E-state index in [-0.39, 0.29) is 0 Å². The first-order valence-corrected chi connectivity index (χ1v) is 6.17. The van der Waals surface area contributed by atoms with Gasteiger partial charge in [-0.3, -0.25) is 0 Å². The lowest BCUT2D eigenvalue weighted by Gasteiger charge is -1.96. The zero-order chi connectivity index (χ0) is 10.1. The second kappa shape index (κ2) is 3.90. The number of thiophene rings is 1. The normalized spacial score (nSPS) is 10.7. The highest BCUT2D eigenvalue weighted by Crippen LogP contribution is 2.35. The molecule has 0 aromatic carbocycles. The number of nitrogens with zero attached hydrogens (tertiary/aromatic N) is 1. The summed E-state index contributed by atoms with van der Waals surface area (Å²) < 4.78 is 6.42. The summed E-state index contributed by atoms with van der Waals surface area (Å²) in [5, 5.41) is 5.83. The van der Waals surface area contributed by atoms with Crippen molar-refractivity contribution in [1.82, 2.24) is 5.16 Å². The van der Waals surface area contributed by atoms with Gasteiger partial charge in [-0.15, -0.1) is 11.3 Å². The van der Waals surface area contributed by atoms with Crippen LogP contribution < -0.4 is 5.73 Å². The fraction of sp³-hybridized carbons (Fsp3) is 0.222. The summed E-state index contributed by atoms with van der Waals surface area (Å²) in [6.45, 7) is 2.05. The summed E-state index contributed by atoms with van der Waals surface area (Å²) in [6.07, 6.45) is 0.846. The second-order valence-corrected chi connectivity index (χ2v) is 4.91. The molecule has 2 aromatic rings. The van der Waals surface area contributed by atoms with Gasteiger partial charge in [0, 0.05) is 9.13 Å². The molecular formula is C9H9IN2OS. The van der Waals surface area contributed by atoms with Gasteiger partial charge in [-0.25, -0.2) is 0 Å². The third-order valence-corrected chi connectivity index (χ3v) is 4.17. The molecule has 0 spiro atoms. The third kappa shape index (κ3) is 1.54. The molecule has 2 N–H and O–H groups in total. The molecule has 0 aliphatic rings. The van der Waals surface area contributed by atoms with E-state index in [0.29, 0.717) is 5.82 Å². The molecule has 0 aliphatic carbocycles. The van der Waals surface area contributed by atoms with Crippen molar-refractivity contribution in [2.24, 2.45) is 0 Å². The lowest BCUT2D eigenvalue weighted by molar-refractivity contribution is 0.436. The molecule has 2 heterocycles. The fourth-order valence-corrected chi connectivity index (χ4v) is 3.14. The minimum Gasteiger partial charge on any atom is -0.381 e. The molecule has 0 amide bonds. The van der Waals surface area contributed by atoms with Gasteiger partial charge in [-0.1, -0.05) is 12.1 Å². The van der Waals surface area contributed by atoms with Gasteiger partial charge >= 0.3 is 0 Å². The van der Waals surface area contributed by atoms with Gasteiger partial charge in [-0.2, -0.15) is 0 Å². The lowest BCUT2D eigenvalue weighted by atomic mass is 10.2. The SMILES string of the molecule is CCc1c(N)noc1-c1sccc1I. The summed E-state index contributed by atoms with van der Waals surface area (Å²) in [6, 6.07) is 2.05. The zero-order valence-electron chi connectivity index (χ0n) is 7.58.